The quantitative estimate of drug-likeness (QED) is 0.153. The minimum atomic E-state index is -0.636. The number of rotatable bonds is 11. The van der Waals surface area contributed by atoms with Gasteiger partial charge in [0, 0.05) is 13.3 Å². The molecule has 6 nitrogen and oxygen atoms in total. The molecule has 0 aromatic rings. The third kappa shape index (κ3) is 14.2. The average Bonchev–Trinajstić information content (AvgIpc) is 3.09. The van der Waals surface area contributed by atoms with Gasteiger partial charge in [0.1, 0.15) is 12.7 Å². The van der Waals surface area contributed by atoms with E-state index in [9.17, 15) is 9.59 Å². The molecular formula is C26H34O6. The molecule has 0 amide bonds. The molecule has 1 fully saturated rings. The molecule has 1 saturated heterocycles. The second-order valence-electron chi connectivity index (χ2n) is 7.51. The summed E-state index contributed by atoms with van der Waals surface area (Å²) in [6.45, 7) is 7.63. The monoisotopic (exact) mass is 442 g/mol. The van der Waals surface area contributed by atoms with Crippen LogP contribution in [0.1, 0.15) is 66.2 Å². The molecule has 0 unspecified atom stereocenters. The number of carbonyl (C=O) groups is 2. The van der Waals surface area contributed by atoms with E-state index < -0.39 is 11.8 Å². The van der Waals surface area contributed by atoms with Crippen molar-refractivity contribution in [3.8, 4) is 23.7 Å². The molecule has 0 N–H and O–H groups in total. The smallest absolute Gasteiger partial charge is 0.308 e. The van der Waals surface area contributed by atoms with Gasteiger partial charge >= 0.3 is 11.9 Å². The van der Waals surface area contributed by atoms with Crippen molar-refractivity contribution in [2.45, 2.75) is 78.1 Å². The normalized spacial score (nSPS) is 17.5. The Morgan fingerprint density at radius 1 is 1.12 bits per heavy atom. The van der Waals surface area contributed by atoms with E-state index >= 15 is 0 Å². The van der Waals surface area contributed by atoms with Crippen molar-refractivity contribution in [2.75, 3.05) is 13.2 Å². The average molecular weight is 443 g/mol. The summed E-state index contributed by atoms with van der Waals surface area (Å²) in [5.74, 6) is 9.73. The Morgan fingerprint density at radius 3 is 2.59 bits per heavy atom. The zero-order valence-corrected chi connectivity index (χ0v) is 19.6. The summed E-state index contributed by atoms with van der Waals surface area (Å²) < 4.78 is 21.3. The number of allylic oxidation sites excluding steroid dienone is 6. The molecule has 0 radical (unpaired) electrons. The number of esters is 2. The SMILES string of the molecule is CC/C=C\C/C=C\CC/C=C(\C#CC#CCCC(=O)OC[C@@H]1COC(C)(C)O1)OC(C)=O. The van der Waals surface area contributed by atoms with Gasteiger partial charge in [-0.1, -0.05) is 37.1 Å². The van der Waals surface area contributed by atoms with Gasteiger partial charge in [-0.25, -0.2) is 0 Å². The van der Waals surface area contributed by atoms with Gasteiger partial charge in [-0.05, 0) is 63.4 Å². The van der Waals surface area contributed by atoms with Crippen LogP contribution in [0.2, 0.25) is 0 Å². The van der Waals surface area contributed by atoms with Crippen LogP contribution in [0.5, 0.6) is 0 Å². The summed E-state index contributed by atoms with van der Waals surface area (Å²) in [6, 6.07) is 0. The Hall–Kier alpha value is -2.80. The summed E-state index contributed by atoms with van der Waals surface area (Å²) in [5, 5.41) is 0. The van der Waals surface area contributed by atoms with Crippen LogP contribution in [0.3, 0.4) is 0 Å². The van der Waals surface area contributed by atoms with Crippen molar-refractivity contribution in [1.82, 2.24) is 0 Å². The zero-order chi connectivity index (χ0) is 23.7. The van der Waals surface area contributed by atoms with E-state index in [1.807, 2.05) is 13.8 Å². The predicted octanol–water partition coefficient (Wildman–Crippen LogP) is 4.61. The van der Waals surface area contributed by atoms with Gasteiger partial charge in [-0.2, -0.15) is 0 Å². The highest BCUT2D eigenvalue weighted by atomic mass is 16.7. The van der Waals surface area contributed by atoms with E-state index in [0.717, 1.165) is 19.3 Å². The Balaban J connectivity index is 2.35. The molecule has 0 spiro atoms. The number of hydrogen-bond donors (Lipinski definition) is 0. The van der Waals surface area contributed by atoms with Crippen LogP contribution in [0.15, 0.2) is 36.1 Å². The van der Waals surface area contributed by atoms with Crippen molar-refractivity contribution >= 4 is 11.9 Å². The Kier molecular flexibility index (Phi) is 13.5. The summed E-state index contributed by atoms with van der Waals surface area (Å²) in [7, 11) is 0. The third-order valence-corrected chi connectivity index (χ3v) is 4.05. The maximum atomic E-state index is 11.8. The van der Waals surface area contributed by atoms with E-state index in [4.69, 9.17) is 18.9 Å². The summed E-state index contributed by atoms with van der Waals surface area (Å²) in [4.78, 5) is 23.0. The first-order valence-corrected chi connectivity index (χ1v) is 11.0. The number of ether oxygens (including phenoxy) is 4. The molecule has 0 bridgehead atoms. The van der Waals surface area contributed by atoms with E-state index in [1.165, 1.54) is 6.92 Å². The molecule has 1 heterocycles. The van der Waals surface area contributed by atoms with Crippen LogP contribution < -0.4 is 0 Å². The van der Waals surface area contributed by atoms with E-state index in [0.29, 0.717) is 19.4 Å². The lowest BCUT2D eigenvalue weighted by molar-refractivity contribution is -0.158. The first kappa shape index (κ1) is 27.2. The number of hydrogen-bond acceptors (Lipinski definition) is 6. The molecule has 32 heavy (non-hydrogen) atoms. The van der Waals surface area contributed by atoms with E-state index in [2.05, 4.69) is 54.9 Å². The fourth-order valence-electron chi connectivity index (χ4n) is 2.61. The summed E-state index contributed by atoms with van der Waals surface area (Å²) >= 11 is 0. The molecule has 0 saturated carbocycles. The number of unbranched alkanes of at least 4 members (excludes halogenated alkanes) is 1. The van der Waals surface area contributed by atoms with Crippen molar-refractivity contribution in [2.24, 2.45) is 0 Å². The van der Waals surface area contributed by atoms with Crippen LogP contribution in [-0.2, 0) is 28.5 Å². The lowest BCUT2D eigenvalue weighted by atomic mass is 10.2. The third-order valence-electron chi connectivity index (χ3n) is 4.05. The molecule has 1 aliphatic heterocycles. The first-order valence-electron chi connectivity index (χ1n) is 11.0. The lowest BCUT2D eigenvalue weighted by Gasteiger charge is -2.16. The highest BCUT2D eigenvalue weighted by Gasteiger charge is 2.33. The fourth-order valence-corrected chi connectivity index (χ4v) is 2.61. The maximum Gasteiger partial charge on any atom is 0.308 e. The van der Waals surface area contributed by atoms with E-state index in [1.54, 1.807) is 6.08 Å². The Labute approximate surface area is 192 Å². The second-order valence-corrected chi connectivity index (χ2v) is 7.51. The standard InChI is InChI=1S/C26H34O6/c1-5-6-7-8-9-10-11-14-17-23(31-22(2)27)18-15-12-13-16-19-25(28)29-20-24-21-30-26(3,4)32-24/h6-7,9-10,17,24H,5,8,11,14,16,19-21H2,1-4H3/b7-6-,10-9-,23-17+/t24-/m1/s1. The Morgan fingerprint density at radius 2 is 1.91 bits per heavy atom. The lowest BCUT2D eigenvalue weighted by Crippen LogP contribution is -2.25. The van der Waals surface area contributed by atoms with Crippen LogP contribution in [-0.4, -0.2) is 37.0 Å². The van der Waals surface area contributed by atoms with Crippen molar-refractivity contribution < 1.29 is 28.5 Å². The zero-order valence-electron chi connectivity index (χ0n) is 19.6. The molecule has 174 valence electrons. The first-order chi connectivity index (χ1) is 15.3. The van der Waals surface area contributed by atoms with Crippen LogP contribution >= 0.6 is 0 Å². The minimum Gasteiger partial charge on any atom is -0.463 e. The Bertz CT molecular complexity index is 811. The molecular weight excluding hydrogens is 408 g/mol. The predicted molar refractivity (Wildman–Crippen MR) is 123 cm³/mol. The van der Waals surface area contributed by atoms with Gasteiger partial charge in [0.2, 0.25) is 0 Å². The van der Waals surface area contributed by atoms with Gasteiger partial charge in [-0.15, -0.1) is 0 Å². The van der Waals surface area contributed by atoms with Gasteiger partial charge in [0.15, 0.2) is 11.5 Å². The molecule has 0 aromatic carbocycles. The van der Waals surface area contributed by atoms with Crippen LogP contribution in [0.25, 0.3) is 0 Å². The molecule has 1 aliphatic rings. The molecule has 0 aromatic heterocycles. The maximum absolute atomic E-state index is 11.8. The van der Waals surface area contributed by atoms with Crippen molar-refractivity contribution in [3.63, 3.8) is 0 Å². The van der Waals surface area contributed by atoms with Gasteiger partial charge in [-0.3, -0.25) is 9.59 Å². The fraction of sp³-hybridized carbons (Fsp3) is 0.538. The summed E-state index contributed by atoms with van der Waals surface area (Å²) in [5.41, 5.74) is 0. The highest BCUT2D eigenvalue weighted by Crippen LogP contribution is 2.22. The van der Waals surface area contributed by atoms with Gasteiger partial charge in [0.05, 0.1) is 13.0 Å². The van der Waals surface area contributed by atoms with Crippen LogP contribution in [0, 0.1) is 23.7 Å². The topological polar surface area (TPSA) is 71.1 Å². The summed E-state index contributed by atoms with van der Waals surface area (Å²) in [6.07, 6.45) is 13.9. The highest BCUT2D eigenvalue weighted by molar-refractivity contribution is 5.69. The molecule has 0 aliphatic carbocycles. The molecule has 1 rings (SSSR count). The molecule has 1 atom stereocenters. The molecule has 6 heteroatoms. The van der Waals surface area contributed by atoms with Gasteiger partial charge < -0.3 is 18.9 Å². The second kappa shape index (κ2) is 15.9. The number of carbonyl (C=O) groups excluding carboxylic acids is 2. The van der Waals surface area contributed by atoms with Crippen LogP contribution in [0.4, 0.5) is 0 Å². The van der Waals surface area contributed by atoms with Gasteiger partial charge in [0.25, 0.3) is 0 Å². The van der Waals surface area contributed by atoms with Crippen molar-refractivity contribution in [1.29, 1.82) is 0 Å². The minimum absolute atomic E-state index is 0.163. The van der Waals surface area contributed by atoms with E-state index in [-0.39, 0.29) is 30.9 Å². The largest absolute Gasteiger partial charge is 0.463 e. The van der Waals surface area contributed by atoms with Crippen molar-refractivity contribution in [3.05, 3.63) is 36.1 Å².